The van der Waals surface area contributed by atoms with Crippen LogP contribution in [0.4, 0.5) is 0 Å². The second-order valence-corrected chi connectivity index (χ2v) is 4.73. The Kier molecular flexibility index (Phi) is 5.96. The zero-order valence-corrected chi connectivity index (χ0v) is 11.9. The van der Waals surface area contributed by atoms with Gasteiger partial charge in [0.1, 0.15) is 5.75 Å². The van der Waals surface area contributed by atoms with Crippen molar-refractivity contribution in [3.63, 3.8) is 0 Å². The molecule has 0 aliphatic heterocycles. The van der Waals surface area contributed by atoms with E-state index in [0.717, 1.165) is 5.56 Å². The third kappa shape index (κ3) is 5.26. The molecule has 6 heteroatoms. The van der Waals surface area contributed by atoms with Crippen molar-refractivity contribution in [1.82, 2.24) is 0 Å². The second kappa shape index (κ2) is 7.47. The van der Waals surface area contributed by atoms with Gasteiger partial charge in [0.2, 0.25) is 6.54 Å². The van der Waals surface area contributed by atoms with Crippen LogP contribution in [0.25, 0.3) is 0 Å². The maximum absolute atomic E-state index is 11.7. The molecule has 0 radical (unpaired) electrons. The summed E-state index contributed by atoms with van der Waals surface area (Å²) in [4.78, 5) is 22.0. The van der Waals surface area contributed by atoms with Crippen molar-refractivity contribution in [3.05, 3.63) is 39.9 Å². The Morgan fingerprint density at radius 1 is 1.30 bits per heavy atom. The lowest BCUT2D eigenvalue weighted by molar-refractivity contribution is -0.483. The summed E-state index contributed by atoms with van der Waals surface area (Å²) in [6.07, 6.45) is -0.236. The van der Waals surface area contributed by atoms with Crippen LogP contribution in [-0.4, -0.2) is 30.7 Å². The van der Waals surface area contributed by atoms with Crippen LogP contribution in [0.1, 0.15) is 31.7 Å². The van der Waals surface area contributed by atoms with E-state index in [-0.39, 0.29) is 19.1 Å². The molecule has 1 aromatic rings. The maximum atomic E-state index is 11.7. The number of esters is 1. The van der Waals surface area contributed by atoms with Crippen molar-refractivity contribution in [2.45, 2.75) is 32.3 Å². The lowest BCUT2D eigenvalue weighted by Gasteiger charge is -2.14. The number of carbonyl (C=O) groups excluding carboxylic acids is 1. The molecule has 0 aliphatic rings. The average Bonchev–Trinajstić information content (AvgIpc) is 2.36. The molecule has 6 nitrogen and oxygen atoms in total. The van der Waals surface area contributed by atoms with E-state index in [9.17, 15) is 14.9 Å². The van der Waals surface area contributed by atoms with Gasteiger partial charge in [0.05, 0.1) is 25.6 Å². The van der Waals surface area contributed by atoms with E-state index in [1.165, 1.54) is 0 Å². The molecule has 110 valence electrons. The molecule has 1 rings (SSSR count). The van der Waals surface area contributed by atoms with E-state index in [2.05, 4.69) is 0 Å². The molecule has 0 aromatic heterocycles. The molecule has 0 spiro atoms. The van der Waals surface area contributed by atoms with E-state index in [0.29, 0.717) is 5.75 Å². The fourth-order valence-electron chi connectivity index (χ4n) is 1.86. The first kappa shape index (κ1) is 15.9. The van der Waals surface area contributed by atoms with Crippen LogP contribution < -0.4 is 4.74 Å². The summed E-state index contributed by atoms with van der Waals surface area (Å²) in [6, 6.07) is 6.90. The Morgan fingerprint density at radius 2 is 1.90 bits per heavy atom. The Bertz CT molecular complexity index is 455. The molecule has 0 saturated carbocycles. The van der Waals surface area contributed by atoms with Gasteiger partial charge in [-0.1, -0.05) is 12.1 Å². The molecule has 0 amide bonds. The topological polar surface area (TPSA) is 78.7 Å². The second-order valence-electron chi connectivity index (χ2n) is 4.73. The van der Waals surface area contributed by atoms with Gasteiger partial charge in [-0.2, -0.15) is 0 Å². The summed E-state index contributed by atoms with van der Waals surface area (Å²) in [5.41, 5.74) is 0.725. The van der Waals surface area contributed by atoms with Gasteiger partial charge in [0, 0.05) is 4.92 Å². The van der Waals surface area contributed by atoms with E-state index >= 15 is 0 Å². The highest BCUT2D eigenvalue weighted by Crippen LogP contribution is 2.23. The molecular formula is C14H19NO5. The lowest BCUT2D eigenvalue weighted by atomic mass is 9.96. The number of ether oxygens (including phenoxy) is 2. The number of hydrogen-bond acceptors (Lipinski definition) is 5. The normalized spacial score (nSPS) is 12.0. The average molecular weight is 281 g/mol. The Hall–Kier alpha value is -2.11. The van der Waals surface area contributed by atoms with Crippen molar-refractivity contribution in [2.24, 2.45) is 0 Å². The highest BCUT2D eigenvalue weighted by molar-refractivity contribution is 5.70. The Labute approximate surface area is 117 Å². The van der Waals surface area contributed by atoms with Gasteiger partial charge in [-0.05, 0) is 31.5 Å². The smallest absolute Gasteiger partial charge is 0.306 e. The molecule has 1 unspecified atom stereocenters. The predicted molar refractivity (Wildman–Crippen MR) is 73.4 cm³/mol. The van der Waals surface area contributed by atoms with E-state index in [4.69, 9.17) is 9.47 Å². The quantitative estimate of drug-likeness (QED) is 0.435. The van der Waals surface area contributed by atoms with Crippen LogP contribution in [0.15, 0.2) is 24.3 Å². The largest absolute Gasteiger partial charge is 0.497 e. The van der Waals surface area contributed by atoms with Crippen LogP contribution in [0, 0.1) is 10.1 Å². The van der Waals surface area contributed by atoms with Gasteiger partial charge in [0.25, 0.3) is 0 Å². The minimum atomic E-state index is -0.498. The van der Waals surface area contributed by atoms with Crippen LogP contribution in [0.2, 0.25) is 0 Å². The molecule has 0 N–H and O–H groups in total. The van der Waals surface area contributed by atoms with Crippen molar-refractivity contribution >= 4 is 5.97 Å². The van der Waals surface area contributed by atoms with Crippen molar-refractivity contribution in [3.8, 4) is 5.75 Å². The highest BCUT2D eigenvalue weighted by atomic mass is 16.6. The molecule has 0 bridgehead atoms. The molecule has 1 atom stereocenters. The van der Waals surface area contributed by atoms with E-state index < -0.39 is 16.8 Å². The standard InChI is InChI=1S/C14H19NO5/c1-10(2)20-14(16)8-12(9-15(17)18)11-4-6-13(19-3)7-5-11/h4-7,10,12H,8-9H2,1-3H3. The summed E-state index contributed by atoms with van der Waals surface area (Å²) in [7, 11) is 1.55. The van der Waals surface area contributed by atoms with Crippen molar-refractivity contribution in [1.29, 1.82) is 0 Å². The number of hydrogen-bond donors (Lipinski definition) is 0. The number of nitro groups is 1. The molecule has 1 aromatic carbocycles. The molecule has 0 fully saturated rings. The zero-order chi connectivity index (χ0) is 15.1. The zero-order valence-electron chi connectivity index (χ0n) is 11.9. The highest BCUT2D eigenvalue weighted by Gasteiger charge is 2.22. The molecule has 0 aliphatic carbocycles. The summed E-state index contributed by atoms with van der Waals surface area (Å²) < 4.78 is 10.1. The van der Waals surface area contributed by atoms with Crippen molar-refractivity contribution in [2.75, 3.05) is 13.7 Å². The Morgan fingerprint density at radius 3 is 2.35 bits per heavy atom. The predicted octanol–water partition coefficient (Wildman–Crippen LogP) is 2.40. The fourth-order valence-corrected chi connectivity index (χ4v) is 1.86. The number of benzene rings is 1. The van der Waals surface area contributed by atoms with E-state index in [1.54, 1.807) is 45.2 Å². The number of carbonyl (C=O) groups is 1. The number of rotatable bonds is 7. The first-order chi connectivity index (χ1) is 9.42. The molecule has 0 heterocycles. The van der Waals surface area contributed by atoms with Gasteiger partial charge in [0.15, 0.2) is 0 Å². The van der Waals surface area contributed by atoms with Crippen LogP contribution in [-0.2, 0) is 9.53 Å². The van der Waals surface area contributed by atoms with Crippen LogP contribution in [0.5, 0.6) is 5.75 Å². The summed E-state index contributed by atoms with van der Waals surface area (Å²) in [5.74, 6) is -0.261. The number of methoxy groups -OCH3 is 1. The fraction of sp³-hybridized carbons (Fsp3) is 0.500. The number of nitrogens with zero attached hydrogens (tertiary/aromatic N) is 1. The molecule has 20 heavy (non-hydrogen) atoms. The monoisotopic (exact) mass is 281 g/mol. The van der Waals surface area contributed by atoms with Gasteiger partial charge < -0.3 is 9.47 Å². The Balaban J connectivity index is 2.81. The van der Waals surface area contributed by atoms with Gasteiger partial charge in [-0.3, -0.25) is 14.9 Å². The maximum Gasteiger partial charge on any atom is 0.306 e. The van der Waals surface area contributed by atoms with E-state index in [1.807, 2.05) is 0 Å². The minimum Gasteiger partial charge on any atom is -0.497 e. The summed E-state index contributed by atoms with van der Waals surface area (Å²) in [6.45, 7) is 3.18. The van der Waals surface area contributed by atoms with Crippen molar-refractivity contribution < 1.29 is 19.2 Å². The first-order valence-electron chi connectivity index (χ1n) is 6.37. The SMILES string of the molecule is COc1ccc(C(CC(=O)OC(C)C)C[N+](=O)[O-])cc1. The third-order valence-electron chi connectivity index (χ3n) is 2.74. The minimum absolute atomic E-state index is 0.00844. The van der Waals surface area contributed by atoms with Gasteiger partial charge in [-0.15, -0.1) is 0 Å². The summed E-state index contributed by atoms with van der Waals surface area (Å²) in [5, 5.41) is 10.7. The van der Waals surface area contributed by atoms with Gasteiger partial charge >= 0.3 is 5.97 Å². The first-order valence-corrected chi connectivity index (χ1v) is 6.37. The van der Waals surface area contributed by atoms with Crippen LogP contribution in [0.3, 0.4) is 0 Å². The van der Waals surface area contributed by atoms with Crippen LogP contribution >= 0.6 is 0 Å². The molecule has 0 saturated heterocycles. The van der Waals surface area contributed by atoms with Gasteiger partial charge in [-0.25, -0.2) is 0 Å². The lowest BCUT2D eigenvalue weighted by Crippen LogP contribution is -2.19. The third-order valence-corrected chi connectivity index (χ3v) is 2.74. The summed E-state index contributed by atoms with van der Waals surface area (Å²) >= 11 is 0. The molecular weight excluding hydrogens is 262 g/mol.